The number of pyridine rings is 1. The number of carbonyl (C=O) groups excluding carboxylic acids is 2. The SMILES string of the molecule is COC(=O)c1cc(=O)n2c(c1C(C)=O)CCC2. The average molecular weight is 235 g/mol. The minimum absolute atomic E-state index is 0.0816. The minimum atomic E-state index is -0.636. The van der Waals surface area contributed by atoms with Gasteiger partial charge in [-0.05, 0) is 19.8 Å². The molecule has 2 rings (SSSR count). The number of esters is 1. The molecule has 0 radical (unpaired) electrons. The van der Waals surface area contributed by atoms with E-state index in [4.69, 9.17) is 0 Å². The van der Waals surface area contributed by atoms with Gasteiger partial charge in [0.15, 0.2) is 5.78 Å². The number of aromatic nitrogens is 1. The molecule has 0 atom stereocenters. The molecule has 0 aromatic carbocycles. The number of ether oxygens (including phenoxy) is 1. The number of carbonyl (C=O) groups is 2. The van der Waals surface area contributed by atoms with Crippen LogP contribution in [0.4, 0.5) is 0 Å². The van der Waals surface area contributed by atoms with Gasteiger partial charge in [-0.1, -0.05) is 0 Å². The molecule has 0 bridgehead atoms. The van der Waals surface area contributed by atoms with Gasteiger partial charge >= 0.3 is 5.97 Å². The summed E-state index contributed by atoms with van der Waals surface area (Å²) in [7, 11) is 1.23. The van der Waals surface area contributed by atoms with E-state index >= 15 is 0 Å². The van der Waals surface area contributed by atoms with Crippen LogP contribution in [-0.2, 0) is 17.7 Å². The Bertz CT molecular complexity index is 556. The van der Waals surface area contributed by atoms with Crippen LogP contribution in [-0.4, -0.2) is 23.4 Å². The first-order chi connectivity index (χ1) is 8.06. The van der Waals surface area contributed by atoms with Crippen LogP contribution in [0.25, 0.3) is 0 Å². The topological polar surface area (TPSA) is 65.4 Å². The van der Waals surface area contributed by atoms with Crippen molar-refractivity contribution in [3.8, 4) is 0 Å². The van der Waals surface area contributed by atoms with E-state index < -0.39 is 5.97 Å². The van der Waals surface area contributed by atoms with E-state index in [-0.39, 0.29) is 16.9 Å². The van der Waals surface area contributed by atoms with E-state index in [1.54, 1.807) is 4.57 Å². The first-order valence-corrected chi connectivity index (χ1v) is 5.42. The number of nitrogens with zero attached hydrogens (tertiary/aromatic N) is 1. The quantitative estimate of drug-likeness (QED) is 0.561. The molecule has 90 valence electrons. The van der Waals surface area contributed by atoms with E-state index in [1.807, 2.05) is 0 Å². The third kappa shape index (κ3) is 1.77. The predicted octanol–water partition coefficient (Wildman–Crippen LogP) is 0.784. The monoisotopic (exact) mass is 235 g/mol. The molecule has 5 nitrogen and oxygen atoms in total. The number of methoxy groups -OCH3 is 1. The number of Topliss-reactive ketones (excluding diaryl/α,β-unsaturated/α-hetero) is 1. The Balaban J connectivity index is 2.76. The van der Waals surface area contributed by atoms with Gasteiger partial charge < -0.3 is 9.30 Å². The number of ketones is 1. The Morgan fingerprint density at radius 2 is 2.12 bits per heavy atom. The van der Waals surface area contributed by atoms with Gasteiger partial charge in [-0.15, -0.1) is 0 Å². The number of rotatable bonds is 2. The molecule has 1 aliphatic rings. The molecule has 1 aromatic rings. The Hall–Kier alpha value is -1.91. The van der Waals surface area contributed by atoms with Crippen LogP contribution in [0.3, 0.4) is 0 Å². The highest BCUT2D eigenvalue weighted by Gasteiger charge is 2.25. The van der Waals surface area contributed by atoms with Crippen molar-refractivity contribution in [2.75, 3.05) is 7.11 Å². The molecule has 0 saturated carbocycles. The summed E-state index contributed by atoms with van der Waals surface area (Å²) < 4.78 is 6.16. The maximum Gasteiger partial charge on any atom is 0.338 e. The van der Waals surface area contributed by atoms with Crippen molar-refractivity contribution in [2.45, 2.75) is 26.3 Å². The van der Waals surface area contributed by atoms with Gasteiger partial charge in [0.05, 0.1) is 18.2 Å². The molecule has 0 saturated heterocycles. The van der Waals surface area contributed by atoms with E-state index in [0.717, 1.165) is 6.42 Å². The Morgan fingerprint density at radius 1 is 1.41 bits per heavy atom. The highest BCUT2D eigenvalue weighted by molar-refractivity contribution is 6.06. The summed E-state index contributed by atoms with van der Waals surface area (Å²) in [4.78, 5) is 35.0. The fraction of sp³-hybridized carbons (Fsp3) is 0.417. The molecule has 1 aromatic heterocycles. The predicted molar refractivity (Wildman–Crippen MR) is 60.4 cm³/mol. The summed E-state index contributed by atoms with van der Waals surface area (Å²) in [6.07, 6.45) is 1.47. The molecule has 0 fully saturated rings. The van der Waals surface area contributed by atoms with Crippen molar-refractivity contribution < 1.29 is 14.3 Å². The third-order valence-corrected chi connectivity index (χ3v) is 2.97. The van der Waals surface area contributed by atoms with Crippen molar-refractivity contribution >= 4 is 11.8 Å². The normalized spacial score (nSPS) is 13.3. The fourth-order valence-electron chi connectivity index (χ4n) is 2.27. The second-order valence-electron chi connectivity index (χ2n) is 4.02. The molecule has 0 aliphatic carbocycles. The lowest BCUT2D eigenvalue weighted by Crippen LogP contribution is -2.25. The summed E-state index contributed by atoms with van der Waals surface area (Å²) in [5, 5.41) is 0. The van der Waals surface area contributed by atoms with E-state index in [2.05, 4.69) is 4.74 Å². The average Bonchev–Trinajstić information content (AvgIpc) is 2.76. The van der Waals surface area contributed by atoms with Crippen LogP contribution in [0.5, 0.6) is 0 Å². The molecular weight excluding hydrogens is 222 g/mol. The van der Waals surface area contributed by atoms with E-state index in [9.17, 15) is 14.4 Å². The van der Waals surface area contributed by atoms with Crippen molar-refractivity contribution in [1.82, 2.24) is 4.57 Å². The molecule has 17 heavy (non-hydrogen) atoms. The van der Waals surface area contributed by atoms with Gasteiger partial charge in [-0.25, -0.2) is 4.79 Å². The summed E-state index contributed by atoms with van der Waals surface area (Å²) in [6, 6.07) is 1.19. The largest absolute Gasteiger partial charge is 0.465 e. The molecule has 0 unspecified atom stereocenters. The zero-order chi connectivity index (χ0) is 12.6. The minimum Gasteiger partial charge on any atom is -0.465 e. The summed E-state index contributed by atoms with van der Waals surface area (Å²) in [5.41, 5.74) is 0.820. The van der Waals surface area contributed by atoms with Crippen molar-refractivity contribution in [1.29, 1.82) is 0 Å². The number of hydrogen-bond donors (Lipinski definition) is 0. The van der Waals surface area contributed by atoms with Gasteiger partial charge in [0, 0.05) is 18.3 Å². The molecule has 2 heterocycles. The Kier molecular flexibility index (Phi) is 2.83. The van der Waals surface area contributed by atoms with Crippen LogP contribution in [0.15, 0.2) is 10.9 Å². The highest BCUT2D eigenvalue weighted by atomic mass is 16.5. The Labute approximate surface area is 98.0 Å². The number of fused-ring (bicyclic) bond motifs is 1. The number of hydrogen-bond acceptors (Lipinski definition) is 4. The smallest absolute Gasteiger partial charge is 0.338 e. The van der Waals surface area contributed by atoms with Crippen molar-refractivity contribution in [2.24, 2.45) is 0 Å². The Morgan fingerprint density at radius 3 is 2.71 bits per heavy atom. The summed E-state index contributed by atoms with van der Waals surface area (Å²) in [6.45, 7) is 2.00. The summed E-state index contributed by atoms with van der Waals surface area (Å²) in [5.74, 6) is -0.848. The molecule has 0 amide bonds. The molecular formula is C12H13NO4. The van der Waals surface area contributed by atoms with Crippen LogP contribution in [0, 0.1) is 0 Å². The van der Waals surface area contributed by atoms with Crippen LogP contribution in [0.1, 0.15) is 39.8 Å². The van der Waals surface area contributed by atoms with Gasteiger partial charge in [0.25, 0.3) is 5.56 Å². The van der Waals surface area contributed by atoms with Crippen LogP contribution < -0.4 is 5.56 Å². The van der Waals surface area contributed by atoms with Crippen LogP contribution >= 0.6 is 0 Å². The maximum absolute atomic E-state index is 11.8. The first-order valence-electron chi connectivity index (χ1n) is 5.42. The zero-order valence-electron chi connectivity index (χ0n) is 9.78. The summed E-state index contributed by atoms with van der Waals surface area (Å²) >= 11 is 0. The molecule has 5 heteroatoms. The van der Waals surface area contributed by atoms with Crippen molar-refractivity contribution in [3.05, 3.63) is 33.2 Å². The van der Waals surface area contributed by atoms with E-state index in [1.165, 1.54) is 20.1 Å². The lowest BCUT2D eigenvalue weighted by atomic mass is 10.0. The third-order valence-electron chi connectivity index (χ3n) is 2.97. The van der Waals surface area contributed by atoms with Gasteiger partial charge in [-0.3, -0.25) is 9.59 Å². The lowest BCUT2D eigenvalue weighted by molar-refractivity contribution is 0.0596. The van der Waals surface area contributed by atoms with Gasteiger partial charge in [0.2, 0.25) is 0 Å². The second-order valence-corrected chi connectivity index (χ2v) is 4.02. The highest BCUT2D eigenvalue weighted by Crippen LogP contribution is 2.21. The second kappa shape index (κ2) is 4.16. The van der Waals surface area contributed by atoms with Gasteiger partial charge in [-0.2, -0.15) is 0 Å². The molecule has 0 spiro atoms. The van der Waals surface area contributed by atoms with Crippen LogP contribution in [0.2, 0.25) is 0 Å². The lowest BCUT2D eigenvalue weighted by Gasteiger charge is -2.11. The van der Waals surface area contributed by atoms with E-state index in [0.29, 0.717) is 24.2 Å². The molecule has 1 aliphatic heterocycles. The first kappa shape index (κ1) is 11.6. The van der Waals surface area contributed by atoms with Gasteiger partial charge in [0.1, 0.15) is 0 Å². The molecule has 0 N–H and O–H groups in total. The zero-order valence-corrected chi connectivity index (χ0v) is 9.78. The fourth-order valence-corrected chi connectivity index (χ4v) is 2.27. The maximum atomic E-state index is 11.8. The van der Waals surface area contributed by atoms with Crippen molar-refractivity contribution in [3.63, 3.8) is 0 Å². The standard InChI is InChI=1S/C12H13NO4/c1-7(14)11-8(12(16)17-2)6-10(15)13-5-3-4-9(11)13/h6H,3-5H2,1-2H3.